The van der Waals surface area contributed by atoms with Crippen LogP contribution in [-0.2, 0) is 24.0 Å². The summed E-state index contributed by atoms with van der Waals surface area (Å²) < 4.78 is 5.63. The Balaban J connectivity index is 1.49. The quantitative estimate of drug-likeness (QED) is 0.910. The summed E-state index contributed by atoms with van der Waals surface area (Å²) in [5, 5.41) is 7.34. The van der Waals surface area contributed by atoms with Crippen LogP contribution < -0.4 is 0 Å². The summed E-state index contributed by atoms with van der Waals surface area (Å²) in [6.07, 6.45) is 8.07. The minimum absolute atomic E-state index is 0.0311. The number of fused-ring (bicyclic) bond motifs is 1. The number of morpholine rings is 1. The molecule has 1 unspecified atom stereocenters. The number of ether oxygens (including phenoxy) is 1. The number of hydrogen-bond acceptors (Lipinski definition) is 5. The second-order valence-corrected chi connectivity index (χ2v) is 6.74. The maximum atomic E-state index is 13.1. The highest BCUT2D eigenvalue weighted by Gasteiger charge is 2.32. The van der Waals surface area contributed by atoms with Crippen molar-refractivity contribution in [1.29, 1.82) is 0 Å². The van der Waals surface area contributed by atoms with Crippen molar-refractivity contribution in [2.24, 2.45) is 0 Å². The zero-order valence-electron chi connectivity index (χ0n) is 14.5. The van der Waals surface area contributed by atoms with Gasteiger partial charge in [-0.2, -0.15) is 5.10 Å². The summed E-state index contributed by atoms with van der Waals surface area (Å²) in [7, 11) is 0. The van der Waals surface area contributed by atoms with Gasteiger partial charge < -0.3 is 9.64 Å². The molecule has 1 saturated heterocycles. The summed E-state index contributed by atoms with van der Waals surface area (Å²) in [6, 6.07) is 0.0522. The Labute approximate surface area is 146 Å². The lowest BCUT2D eigenvalue weighted by Gasteiger charge is -2.35. The number of aromatic amines is 1. The Morgan fingerprint density at radius 2 is 2.24 bits per heavy atom. The van der Waals surface area contributed by atoms with Crippen LogP contribution in [0.1, 0.15) is 46.0 Å². The number of amides is 1. The average Bonchev–Trinajstić information content (AvgIpc) is 3.24. The molecule has 1 N–H and O–H groups in total. The third-order valence-corrected chi connectivity index (χ3v) is 5.19. The number of nitrogens with zero attached hydrogens (tertiary/aromatic N) is 4. The van der Waals surface area contributed by atoms with Gasteiger partial charge in [0.25, 0.3) is 5.91 Å². The lowest BCUT2D eigenvalue weighted by molar-refractivity contribution is -0.00450. The molecule has 2 aromatic rings. The predicted molar refractivity (Wildman–Crippen MR) is 91.3 cm³/mol. The highest BCUT2D eigenvalue weighted by Crippen LogP contribution is 2.25. The number of aromatic nitrogens is 4. The first-order chi connectivity index (χ1) is 12.2. The van der Waals surface area contributed by atoms with Gasteiger partial charge >= 0.3 is 0 Å². The van der Waals surface area contributed by atoms with Crippen LogP contribution in [0.5, 0.6) is 0 Å². The predicted octanol–water partition coefficient (Wildman–Crippen LogP) is 1.47. The molecule has 2 aliphatic rings. The fraction of sp³-hybridized carbons (Fsp3) is 0.556. The van der Waals surface area contributed by atoms with Crippen LogP contribution in [-0.4, -0.2) is 56.8 Å². The molecule has 3 heterocycles. The maximum Gasteiger partial charge on any atom is 0.275 e. The normalized spacial score (nSPS) is 19.9. The van der Waals surface area contributed by atoms with E-state index in [9.17, 15) is 4.79 Å². The second kappa shape index (κ2) is 6.92. The molecule has 0 radical (unpaired) electrons. The standard InChI is InChI=1S/C18H23N5O2/c1-12-15(20-8-7-19-12)6-5-13-11-25-10-9-23(13)18(24)17-14-3-2-4-16(14)21-22-17/h7-8,13H,2-6,9-11H2,1H3,(H,21,22). The van der Waals surface area contributed by atoms with Crippen molar-refractivity contribution in [3.8, 4) is 0 Å². The third-order valence-electron chi connectivity index (χ3n) is 5.19. The van der Waals surface area contributed by atoms with Crippen molar-refractivity contribution >= 4 is 5.91 Å². The topological polar surface area (TPSA) is 84.0 Å². The van der Waals surface area contributed by atoms with E-state index >= 15 is 0 Å². The van der Waals surface area contributed by atoms with Crippen LogP contribution in [0.25, 0.3) is 0 Å². The number of nitrogens with one attached hydrogen (secondary N) is 1. The van der Waals surface area contributed by atoms with Crippen LogP contribution in [0.15, 0.2) is 12.4 Å². The average molecular weight is 341 g/mol. The number of carbonyl (C=O) groups is 1. The summed E-state index contributed by atoms with van der Waals surface area (Å²) in [5.41, 5.74) is 4.78. The first-order valence-corrected chi connectivity index (χ1v) is 8.95. The molecule has 7 heteroatoms. The van der Waals surface area contributed by atoms with E-state index in [2.05, 4.69) is 20.2 Å². The van der Waals surface area contributed by atoms with E-state index in [0.29, 0.717) is 25.5 Å². The molecule has 0 spiro atoms. The van der Waals surface area contributed by atoms with Crippen molar-refractivity contribution in [2.45, 2.75) is 45.1 Å². The summed E-state index contributed by atoms with van der Waals surface area (Å²) in [5.74, 6) is 0.0311. The number of aryl methyl sites for hydroxylation is 3. The molecule has 0 aromatic carbocycles. The minimum atomic E-state index is 0.0311. The van der Waals surface area contributed by atoms with Gasteiger partial charge in [0.15, 0.2) is 5.69 Å². The van der Waals surface area contributed by atoms with E-state index in [0.717, 1.165) is 54.7 Å². The van der Waals surface area contributed by atoms with Crippen LogP contribution in [0.3, 0.4) is 0 Å². The molecule has 1 aliphatic heterocycles. The minimum Gasteiger partial charge on any atom is -0.377 e. The molecular weight excluding hydrogens is 318 g/mol. The van der Waals surface area contributed by atoms with Gasteiger partial charge in [-0.1, -0.05) is 0 Å². The maximum absolute atomic E-state index is 13.1. The fourth-order valence-electron chi connectivity index (χ4n) is 3.78. The van der Waals surface area contributed by atoms with Crippen LogP contribution in [0, 0.1) is 6.92 Å². The first-order valence-electron chi connectivity index (χ1n) is 8.95. The molecule has 4 rings (SSSR count). The van der Waals surface area contributed by atoms with E-state index in [1.54, 1.807) is 12.4 Å². The highest BCUT2D eigenvalue weighted by molar-refractivity contribution is 5.94. The molecule has 0 bridgehead atoms. The zero-order chi connectivity index (χ0) is 17.2. The van der Waals surface area contributed by atoms with E-state index < -0.39 is 0 Å². The van der Waals surface area contributed by atoms with Gasteiger partial charge in [0.05, 0.1) is 30.6 Å². The Morgan fingerprint density at radius 1 is 1.36 bits per heavy atom. The van der Waals surface area contributed by atoms with Gasteiger partial charge in [-0.15, -0.1) is 0 Å². The Morgan fingerprint density at radius 3 is 3.12 bits per heavy atom. The second-order valence-electron chi connectivity index (χ2n) is 6.74. The van der Waals surface area contributed by atoms with Crippen molar-refractivity contribution in [3.63, 3.8) is 0 Å². The smallest absolute Gasteiger partial charge is 0.275 e. The van der Waals surface area contributed by atoms with Gasteiger partial charge in [0.1, 0.15) is 0 Å². The molecule has 0 saturated carbocycles. The van der Waals surface area contributed by atoms with E-state index in [1.165, 1.54) is 0 Å². The van der Waals surface area contributed by atoms with Crippen LogP contribution in [0.2, 0.25) is 0 Å². The molecule has 1 aliphatic carbocycles. The van der Waals surface area contributed by atoms with Crippen molar-refractivity contribution in [2.75, 3.05) is 19.8 Å². The summed E-state index contributed by atoms with van der Waals surface area (Å²) >= 11 is 0. The van der Waals surface area contributed by atoms with Crippen molar-refractivity contribution in [1.82, 2.24) is 25.1 Å². The van der Waals surface area contributed by atoms with Gasteiger partial charge in [-0.25, -0.2) is 0 Å². The summed E-state index contributed by atoms with van der Waals surface area (Å²) in [6.45, 7) is 3.73. The Hall–Kier alpha value is -2.28. The lowest BCUT2D eigenvalue weighted by Crippen LogP contribution is -2.49. The highest BCUT2D eigenvalue weighted by atomic mass is 16.5. The molecule has 1 atom stereocenters. The SMILES string of the molecule is Cc1nccnc1CCC1COCCN1C(=O)c1n[nH]c2c1CCC2. The largest absolute Gasteiger partial charge is 0.377 e. The zero-order valence-corrected chi connectivity index (χ0v) is 14.5. The number of rotatable bonds is 4. The van der Waals surface area contributed by atoms with E-state index in [-0.39, 0.29) is 11.9 Å². The van der Waals surface area contributed by atoms with Crippen LogP contribution >= 0.6 is 0 Å². The monoisotopic (exact) mass is 341 g/mol. The molecule has 1 fully saturated rings. The molecular formula is C18H23N5O2. The lowest BCUT2D eigenvalue weighted by atomic mass is 10.0. The van der Waals surface area contributed by atoms with Crippen molar-refractivity contribution < 1.29 is 9.53 Å². The molecule has 132 valence electrons. The van der Waals surface area contributed by atoms with Crippen LogP contribution in [0.4, 0.5) is 0 Å². The molecule has 25 heavy (non-hydrogen) atoms. The van der Waals surface area contributed by atoms with Gasteiger partial charge in [-0.05, 0) is 39.0 Å². The van der Waals surface area contributed by atoms with E-state index in [1.807, 2.05) is 11.8 Å². The first kappa shape index (κ1) is 16.2. The Bertz CT molecular complexity index is 773. The van der Waals surface area contributed by atoms with Gasteiger partial charge in [0.2, 0.25) is 0 Å². The Kier molecular flexibility index (Phi) is 4.48. The molecule has 7 nitrogen and oxygen atoms in total. The number of H-pyrrole nitrogens is 1. The summed E-state index contributed by atoms with van der Waals surface area (Å²) in [4.78, 5) is 23.7. The third kappa shape index (κ3) is 3.16. The molecule has 2 aromatic heterocycles. The van der Waals surface area contributed by atoms with E-state index in [4.69, 9.17) is 4.74 Å². The van der Waals surface area contributed by atoms with Crippen molar-refractivity contribution in [3.05, 3.63) is 40.7 Å². The number of hydrogen-bond donors (Lipinski definition) is 1. The van der Waals surface area contributed by atoms with Gasteiger partial charge in [0, 0.05) is 30.2 Å². The fourth-order valence-corrected chi connectivity index (χ4v) is 3.78. The van der Waals surface area contributed by atoms with Gasteiger partial charge in [-0.3, -0.25) is 19.9 Å². The number of carbonyl (C=O) groups excluding carboxylic acids is 1. The molecule has 1 amide bonds.